The predicted octanol–water partition coefficient (Wildman–Crippen LogP) is 5.13. The van der Waals surface area contributed by atoms with Crippen molar-refractivity contribution in [2.24, 2.45) is 27.6 Å². The van der Waals surface area contributed by atoms with Gasteiger partial charge in [-0.15, -0.1) is 0 Å². The molecule has 0 bridgehead atoms. The molecule has 1 saturated carbocycles. The van der Waals surface area contributed by atoms with Crippen molar-refractivity contribution < 1.29 is 0 Å². The maximum Gasteiger partial charge on any atom is -0.0244 e. The molecule has 0 heteroatoms. The van der Waals surface area contributed by atoms with Gasteiger partial charge in [0.25, 0.3) is 0 Å². The van der Waals surface area contributed by atoms with Crippen LogP contribution in [0.1, 0.15) is 68.7 Å². The zero-order chi connectivity index (χ0) is 12.3. The lowest BCUT2D eigenvalue weighted by Crippen LogP contribution is -2.59. The van der Waals surface area contributed by atoms with Gasteiger partial charge in [-0.2, -0.15) is 0 Å². The van der Waals surface area contributed by atoms with Gasteiger partial charge in [0.1, 0.15) is 0 Å². The molecule has 0 N–H and O–H groups in total. The first-order valence-corrected chi connectivity index (χ1v) is 6.38. The van der Waals surface area contributed by atoms with Gasteiger partial charge in [0.05, 0.1) is 0 Å². The van der Waals surface area contributed by atoms with Crippen molar-refractivity contribution in [2.75, 3.05) is 0 Å². The highest BCUT2D eigenvalue weighted by Gasteiger charge is 2.60. The highest BCUT2D eigenvalue weighted by atomic mass is 14.6. The largest absolute Gasteiger partial charge is 0.0620 e. The highest BCUT2D eigenvalue weighted by Crippen LogP contribution is 2.67. The van der Waals surface area contributed by atoms with E-state index < -0.39 is 0 Å². The second kappa shape index (κ2) is 3.02. The van der Waals surface area contributed by atoms with Crippen LogP contribution in [0, 0.1) is 27.6 Å². The summed E-state index contributed by atoms with van der Waals surface area (Å²) in [5.74, 6) is 0.801. The summed E-state index contributed by atoms with van der Waals surface area (Å²) < 4.78 is 0. The lowest BCUT2D eigenvalue weighted by Gasteiger charge is -2.66. The zero-order valence-corrected chi connectivity index (χ0v) is 12.3. The van der Waals surface area contributed by atoms with Gasteiger partial charge in [-0.1, -0.05) is 62.3 Å². The van der Waals surface area contributed by atoms with E-state index in [9.17, 15) is 0 Å². The quantitative estimate of drug-likeness (QED) is 0.520. The standard InChI is InChI=1S/C15H30/c1-11-10-12(2,3)14(6,7)15(8,9)13(11,4)5/h11H,10H2,1-9H3. The lowest BCUT2D eigenvalue weighted by atomic mass is 9.39. The molecule has 1 rings (SSSR count). The second-order valence-corrected chi connectivity index (χ2v) is 7.96. The van der Waals surface area contributed by atoms with Crippen LogP contribution in [0.3, 0.4) is 0 Å². The van der Waals surface area contributed by atoms with Gasteiger partial charge in [0, 0.05) is 0 Å². The van der Waals surface area contributed by atoms with Crippen LogP contribution in [-0.2, 0) is 0 Å². The number of hydrogen-bond donors (Lipinski definition) is 0. The molecule has 1 atom stereocenters. The van der Waals surface area contributed by atoms with Crippen molar-refractivity contribution >= 4 is 0 Å². The van der Waals surface area contributed by atoms with Gasteiger partial charge < -0.3 is 0 Å². The Kier molecular flexibility index (Phi) is 2.63. The average Bonchev–Trinajstić information content (AvgIpc) is 2.00. The highest BCUT2D eigenvalue weighted by molar-refractivity contribution is 5.09. The van der Waals surface area contributed by atoms with E-state index in [1.807, 2.05) is 0 Å². The van der Waals surface area contributed by atoms with Gasteiger partial charge in [-0.25, -0.2) is 0 Å². The molecule has 15 heavy (non-hydrogen) atoms. The molecule has 0 spiro atoms. The maximum absolute atomic E-state index is 2.46. The Bertz CT molecular complexity index is 253. The molecule has 0 amide bonds. The topological polar surface area (TPSA) is 0 Å². The van der Waals surface area contributed by atoms with Gasteiger partial charge in [0.15, 0.2) is 0 Å². The van der Waals surface area contributed by atoms with E-state index in [-0.39, 0.29) is 0 Å². The van der Waals surface area contributed by atoms with Crippen LogP contribution in [0.4, 0.5) is 0 Å². The Morgan fingerprint density at radius 1 is 0.733 bits per heavy atom. The molecule has 0 nitrogen and oxygen atoms in total. The van der Waals surface area contributed by atoms with E-state index in [2.05, 4.69) is 62.3 Å². The fourth-order valence-corrected chi connectivity index (χ4v) is 3.54. The monoisotopic (exact) mass is 210 g/mol. The summed E-state index contributed by atoms with van der Waals surface area (Å²) in [7, 11) is 0. The first-order chi connectivity index (χ1) is 6.38. The molecule has 0 aromatic rings. The molecule has 1 aliphatic carbocycles. The van der Waals surface area contributed by atoms with Crippen molar-refractivity contribution in [3.8, 4) is 0 Å². The molecule has 1 unspecified atom stereocenters. The third-order valence-electron chi connectivity index (χ3n) is 6.91. The molecule has 0 aromatic heterocycles. The Balaban J connectivity index is 3.30. The van der Waals surface area contributed by atoms with Gasteiger partial charge in [0.2, 0.25) is 0 Å². The lowest BCUT2D eigenvalue weighted by molar-refractivity contribution is -0.172. The molecule has 0 saturated heterocycles. The van der Waals surface area contributed by atoms with E-state index in [0.29, 0.717) is 21.7 Å². The van der Waals surface area contributed by atoms with Crippen molar-refractivity contribution in [2.45, 2.75) is 68.7 Å². The van der Waals surface area contributed by atoms with Gasteiger partial charge in [-0.3, -0.25) is 0 Å². The Hall–Kier alpha value is 0. The summed E-state index contributed by atoms with van der Waals surface area (Å²) in [5.41, 5.74) is 1.62. The number of hydrogen-bond acceptors (Lipinski definition) is 0. The van der Waals surface area contributed by atoms with Crippen molar-refractivity contribution in [3.63, 3.8) is 0 Å². The molecule has 0 aromatic carbocycles. The van der Waals surface area contributed by atoms with Crippen molar-refractivity contribution in [1.29, 1.82) is 0 Å². The van der Waals surface area contributed by atoms with Crippen LogP contribution in [0.2, 0.25) is 0 Å². The van der Waals surface area contributed by atoms with Crippen LogP contribution in [0.5, 0.6) is 0 Å². The zero-order valence-electron chi connectivity index (χ0n) is 12.3. The smallest absolute Gasteiger partial charge is 0.0244 e. The molecular weight excluding hydrogens is 180 g/mol. The van der Waals surface area contributed by atoms with Crippen LogP contribution in [0.15, 0.2) is 0 Å². The molecule has 0 heterocycles. The molecular formula is C15H30. The summed E-state index contributed by atoms with van der Waals surface area (Å²) >= 11 is 0. The Morgan fingerprint density at radius 2 is 1.13 bits per heavy atom. The van der Waals surface area contributed by atoms with Crippen LogP contribution in [0.25, 0.3) is 0 Å². The minimum Gasteiger partial charge on any atom is -0.0620 e. The molecule has 0 aliphatic heterocycles. The van der Waals surface area contributed by atoms with E-state index >= 15 is 0 Å². The summed E-state index contributed by atoms with van der Waals surface area (Å²) in [6.45, 7) is 22.1. The van der Waals surface area contributed by atoms with Crippen LogP contribution >= 0.6 is 0 Å². The predicted molar refractivity (Wildman–Crippen MR) is 68.9 cm³/mol. The fraction of sp³-hybridized carbons (Fsp3) is 1.00. The van der Waals surface area contributed by atoms with Crippen molar-refractivity contribution in [3.05, 3.63) is 0 Å². The molecule has 0 radical (unpaired) electrons. The van der Waals surface area contributed by atoms with E-state index in [1.54, 1.807) is 0 Å². The number of rotatable bonds is 0. The first-order valence-electron chi connectivity index (χ1n) is 6.38. The summed E-state index contributed by atoms with van der Waals surface area (Å²) in [6, 6.07) is 0. The van der Waals surface area contributed by atoms with Crippen LogP contribution < -0.4 is 0 Å². The Morgan fingerprint density at radius 3 is 1.53 bits per heavy atom. The normalized spacial score (nSPS) is 36.2. The molecule has 90 valence electrons. The van der Waals surface area contributed by atoms with Crippen LogP contribution in [-0.4, -0.2) is 0 Å². The van der Waals surface area contributed by atoms with E-state index in [4.69, 9.17) is 0 Å². The SMILES string of the molecule is CC1CC(C)(C)C(C)(C)C(C)(C)C1(C)C. The summed E-state index contributed by atoms with van der Waals surface area (Å²) in [5, 5.41) is 0. The average molecular weight is 210 g/mol. The molecule has 1 aliphatic rings. The van der Waals surface area contributed by atoms with Gasteiger partial charge >= 0.3 is 0 Å². The third kappa shape index (κ3) is 1.40. The third-order valence-corrected chi connectivity index (χ3v) is 6.91. The minimum absolute atomic E-state index is 0.376. The minimum atomic E-state index is 0.376. The van der Waals surface area contributed by atoms with Crippen molar-refractivity contribution in [1.82, 2.24) is 0 Å². The second-order valence-electron chi connectivity index (χ2n) is 7.96. The maximum atomic E-state index is 2.46. The fourth-order valence-electron chi connectivity index (χ4n) is 3.54. The van der Waals surface area contributed by atoms with Gasteiger partial charge in [-0.05, 0) is 34.0 Å². The summed E-state index contributed by atoms with van der Waals surface area (Å²) in [6.07, 6.45) is 1.34. The van der Waals surface area contributed by atoms with E-state index in [0.717, 1.165) is 5.92 Å². The Labute approximate surface area is 96.8 Å². The van der Waals surface area contributed by atoms with E-state index in [1.165, 1.54) is 6.42 Å². The summed E-state index contributed by atoms with van der Waals surface area (Å²) in [4.78, 5) is 0. The molecule has 1 fully saturated rings. The first kappa shape index (κ1) is 13.1.